The van der Waals surface area contributed by atoms with Gasteiger partial charge in [0.15, 0.2) is 0 Å². The summed E-state index contributed by atoms with van der Waals surface area (Å²) in [4.78, 5) is 0.853. The van der Waals surface area contributed by atoms with Crippen LogP contribution >= 0.6 is 35.0 Å². The molecule has 32 heavy (non-hydrogen) atoms. The van der Waals surface area contributed by atoms with E-state index in [1.165, 1.54) is 23.9 Å². The minimum atomic E-state index is -0.881. The Labute approximate surface area is 201 Å². The number of allylic oxidation sites excluding steroid dienone is 1. The normalized spacial score (nSPS) is 16.7. The number of ether oxygens (including phenoxy) is 2. The lowest BCUT2D eigenvalue weighted by Crippen LogP contribution is -2.34. The molecule has 0 saturated heterocycles. The molecule has 0 bridgehead atoms. The highest BCUT2D eigenvalue weighted by Crippen LogP contribution is 2.31. The summed E-state index contributed by atoms with van der Waals surface area (Å²) in [6.45, 7) is 5.58. The lowest BCUT2D eigenvalue weighted by Gasteiger charge is -2.27. The van der Waals surface area contributed by atoms with Crippen LogP contribution in [0.25, 0.3) is 11.1 Å². The summed E-state index contributed by atoms with van der Waals surface area (Å²) in [6, 6.07) is 4.58. The summed E-state index contributed by atoms with van der Waals surface area (Å²) in [5.74, 6) is -0.494. The van der Waals surface area contributed by atoms with Gasteiger partial charge in [0, 0.05) is 34.5 Å². The van der Waals surface area contributed by atoms with Gasteiger partial charge in [-0.2, -0.15) is 5.10 Å². The third-order valence-electron chi connectivity index (χ3n) is 4.56. The Bertz CT molecular complexity index is 970. The van der Waals surface area contributed by atoms with Gasteiger partial charge in [0.05, 0.1) is 37.0 Å². The Hall–Kier alpha value is -1.55. The molecule has 0 aliphatic carbocycles. The number of aliphatic hydroxyl groups excluding tert-OH is 1. The van der Waals surface area contributed by atoms with Crippen molar-refractivity contribution in [3.05, 3.63) is 63.6 Å². The Morgan fingerprint density at radius 1 is 1.34 bits per heavy atom. The van der Waals surface area contributed by atoms with Crippen LogP contribution in [0.2, 0.25) is 5.02 Å². The van der Waals surface area contributed by atoms with Crippen LogP contribution in [0.1, 0.15) is 13.8 Å². The number of aromatic nitrogens is 2. The molecule has 0 radical (unpaired) electrons. The molecule has 2 N–H and O–H groups in total. The van der Waals surface area contributed by atoms with Crippen LogP contribution in [0, 0.1) is 5.82 Å². The van der Waals surface area contributed by atoms with Crippen molar-refractivity contribution in [3.63, 3.8) is 0 Å². The SMILES string of the molecule is CCOCC(C)OC(SC1=CNCC(Cl)=C1)[C@@H](O)Cn1cc(-c2ccc(Cl)c(F)c2)cn1. The third kappa shape index (κ3) is 7.23. The van der Waals surface area contributed by atoms with Gasteiger partial charge in [0.1, 0.15) is 17.4 Å². The molecule has 2 aromatic rings. The number of nitrogens with one attached hydrogen (secondary N) is 1. The van der Waals surface area contributed by atoms with Crippen molar-refractivity contribution in [3.8, 4) is 11.1 Å². The number of thioether (sulfide) groups is 1. The zero-order valence-electron chi connectivity index (χ0n) is 17.8. The molecular formula is C22H26Cl2FN3O3S. The average Bonchev–Trinajstić information content (AvgIpc) is 3.22. The second-order valence-corrected chi connectivity index (χ2v) is 9.32. The van der Waals surface area contributed by atoms with E-state index in [1.54, 1.807) is 23.1 Å². The van der Waals surface area contributed by atoms with Crippen molar-refractivity contribution in [1.29, 1.82) is 0 Å². The van der Waals surface area contributed by atoms with Gasteiger partial charge in [-0.1, -0.05) is 41.0 Å². The van der Waals surface area contributed by atoms with E-state index < -0.39 is 17.4 Å². The summed E-state index contributed by atoms with van der Waals surface area (Å²) in [6.07, 6.45) is 5.95. The lowest BCUT2D eigenvalue weighted by atomic mass is 10.1. The van der Waals surface area contributed by atoms with Crippen molar-refractivity contribution in [2.75, 3.05) is 19.8 Å². The maximum Gasteiger partial charge on any atom is 0.142 e. The summed E-state index contributed by atoms with van der Waals surface area (Å²) in [7, 11) is 0. The van der Waals surface area contributed by atoms with Gasteiger partial charge in [0.25, 0.3) is 0 Å². The Morgan fingerprint density at radius 3 is 2.88 bits per heavy atom. The lowest BCUT2D eigenvalue weighted by molar-refractivity contribution is -0.0589. The number of hydrogen-bond acceptors (Lipinski definition) is 6. The zero-order valence-corrected chi connectivity index (χ0v) is 20.1. The van der Waals surface area contributed by atoms with Gasteiger partial charge in [-0.3, -0.25) is 4.68 Å². The molecule has 1 aliphatic heterocycles. The molecule has 0 spiro atoms. The number of dihydropyridines is 1. The Kier molecular flexibility index (Phi) is 9.46. The Balaban J connectivity index is 1.71. The molecule has 3 rings (SSSR count). The van der Waals surface area contributed by atoms with E-state index in [0.29, 0.717) is 30.4 Å². The van der Waals surface area contributed by atoms with Crippen LogP contribution in [0.15, 0.2) is 52.8 Å². The third-order valence-corrected chi connectivity index (χ3v) is 6.28. The van der Waals surface area contributed by atoms with Gasteiger partial charge in [-0.25, -0.2) is 4.39 Å². The summed E-state index contributed by atoms with van der Waals surface area (Å²) < 4.78 is 26.9. The fourth-order valence-corrected chi connectivity index (χ4v) is 4.51. The largest absolute Gasteiger partial charge is 0.388 e. The van der Waals surface area contributed by atoms with Crippen molar-refractivity contribution in [1.82, 2.24) is 15.1 Å². The van der Waals surface area contributed by atoms with Crippen LogP contribution in [0.3, 0.4) is 0 Å². The number of nitrogens with zero attached hydrogens (tertiary/aromatic N) is 2. The molecule has 1 aromatic carbocycles. The van der Waals surface area contributed by atoms with Gasteiger partial charge in [-0.15, -0.1) is 0 Å². The summed E-state index contributed by atoms with van der Waals surface area (Å²) in [5.41, 5.74) is 0.785. The minimum absolute atomic E-state index is 0.0652. The van der Waals surface area contributed by atoms with Crippen LogP contribution in [0.4, 0.5) is 4.39 Å². The van der Waals surface area contributed by atoms with Crippen LogP contribution in [-0.2, 0) is 16.0 Å². The van der Waals surface area contributed by atoms with Crippen molar-refractivity contribution in [2.24, 2.45) is 0 Å². The molecule has 2 heterocycles. The fraction of sp³-hybridized carbons (Fsp3) is 0.409. The molecule has 6 nitrogen and oxygen atoms in total. The van der Waals surface area contributed by atoms with Crippen molar-refractivity contribution in [2.45, 2.75) is 38.0 Å². The smallest absolute Gasteiger partial charge is 0.142 e. The van der Waals surface area contributed by atoms with Gasteiger partial charge in [0.2, 0.25) is 0 Å². The van der Waals surface area contributed by atoms with E-state index in [0.717, 1.165) is 10.5 Å². The molecule has 0 saturated carbocycles. The molecular weight excluding hydrogens is 476 g/mol. The summed E-state index contributed by atoms with van der Waals surface area (Å²) >= 11 is 13.3. The van der Waals surface area contributed by atoms with Crippen molar-refractivity contribution >= 4 is 35.0 Å². The van der Waals surface area contributed by atoms with E-state index in [2.05, 4.69) is 10.4 Å². The number of hydrogen-bond donors (Lipinski definition) is 2. The van der Waals surface area contributed by atoms with Crippen LogP contribution < -0.4 is 5.32 Å². The zero-order chi connectivity index (χ0) is 23.1. The first kappa shape index (κ1) is 25.1. The van der Waals surface area contributed by atoms with E-state index in [9.17, 15) is 9.50 Å². The van der Waals surface area contributed by atoms with Gasteiger partial charge >= 0.3 is 0 Å². The van der Waals surface area contributed by atoms with E-state index in [-0.39, 0.29) is 17.7 Å². The second kappa shape index (κ2) is 12.1. The molecule has 0 fully saturated rings. The predicted molar refractivity (Wildman–Crippen MR) is 127 cm³/mol. The summed E-state index contributed by atoms with van der Waals surface area (Å²) in [5, 5.41) is 19.1. The molecule has 1 aromatic heterocycles. The molecule has 0 amide bonds. The van der Waals surface area contributed by atoms with Gasteiger partial charge < -0.3 is 19.9 Å². The first-order chi connectivity index (χ1) is 15.4. The fourth-order valence-electron chi connectivity index (χ4n) is 3.01. The van der Waals surface area contributed by atoms with Crippen LogP contribution in [-0.4, -0.2) is 52.3 Å². The number of aliphatic hydroxyl groups is 1. The van der Waals surface area contributed by atoms with E-state index in [4.69, 9.17) is 32.7 Å². The van der Waals surface area contributed by atoms with E-state index in [1.807, 2.05) is 26.1 Å². The number of rotatable bonds is 11. The Morgan fingerprint density at radius 2 is 2.16 bits per heavy atom. The molecule has 3 atom stereocenters. The van der Waals surface area contributed by atoms with Gasteiger partial charge in [-0.05, 0) is 37.6 Å². The first-order valence-corrected chi connectivity index (χ1v) is 11.8. The first-order valence-electron chi connectivity index (χ1n) is 10.2. The molecule has 1 aliphatic rings. The number of halogens is 3. The topological polar surface area (TPSA) is 68.5 Å². The standard InChI is InChI=1S/C22H26Cl2FN3O3S/c1-3-30-13-14(2)31-22(32-18-7-17(23)9-26-10-18)21(29)12-28-11-16(8-27-28)15-4-5-19(24)20(25)6-15/h4-8,10-11,14,21-22,26,29H,3,9,12-13H2,1-2H3/t14?,21-,22?/m0/s1. The molecule has 174 valence electrons. The highest BCUT2D eigenvalue weighted by molar-refractivity contribution is 8.03. The van der Waals surface area contributed by atoms with Crippen molar-refractivity contribution < 1.29 is 19.0 Å². The van der Waals surface area contributed by atoms with Crippen LogP contribution in [0.5, 0.6) is 0 Å². The predicted octanol–water partition coefficient (Wildman–Crippen LogP) is 4.77. The quantitative estimate of drug-likeness (QED) is 0.432. The average molecular weight is 502 g/mol. The monoisotopic (exact) mass is 501 g/mol. The minimum Gasteiger partial charge on any atom is -0.388 e. The molecule has 2 unspecified atom stereocenters. The highest BCUT2D eigenvalue weighted by atomic mass is 35.5. The number of benzene rings is 1. The second-order valence-electron chi connectivity index (χ2n) is 7.26. The maximum absolute atomic E-state index is 13.8. The molecule has 10 heteroatoms. The maximum atomic E-state index is 13.8. The van der Waals surface area contributed by atoms with E-state index >= 15 is 0 Å². The highest BCUT2D eigenvalue weighted by Gasteiger charge is 2.26.